The lowest BCUT2D eigenvalue weighted by Gasteiger charge is -2.32. The monoisotopic (exact) mass is 330 g/mol. The SMILES string of the molecule is C[C@H]1C[NH+](Cc2c(O)ccc3c4c(c(=O)oc23)CCC4)C[C@H](C)O1. The van der Waals surface area contributed by atoms with Crippen LogP contribution in [-0.2, 0) is 24.1 Å². The number of hydrogen-bond donors (Lipinski definition) is 2. The van der Waals surface area contributed by atoms with Gasteiger partial charge in [0.25, 0.3) is 0 Å². The van der Waals surface area contributed by atoms with Crippen LogP contribution in [0.3, 0.4) is 0 Å². The number of quaternary nitrogens is 1. The predicted octanol–water partition coefficient (Wildman–Crippen LogP) is 1.18. The molecule has 128 valence electrons. The van der Waals surface area contributed by atoms with Crippen LogP contribution in [0.15, 0.2) is 21.3 Å². The highest BCUT2D eigenvalue weighted by atomic mass is 16.5. The van der Waals surface area contributed by atoms with Gasteiger partial charge in [-0.25, -0.2) is 4.79 Å². The highest BCUT2D eigenvalue weighted by Crippen LogP contribution is 2.32. The Balaban J connectivity index is 1.79. The molecule has 1 aromatic heterocycles. The molecular formula is C19H24NO4+. The molecular weight excluding hydrogens is 306 g/mol. The number of rotatable bonds is 2. The Labute approximate surface area is 140 Å². The van der Waals surface area contributed by atoms with Gasteiger partial charge in [-0.1, -0.05) is 0 Å². The average Bonchev–Trinajstić information content (AvgIpc) is 3.00. The van der Waals surface area contributed by atoms with Crippen LogP contribution < -0.4 is 10.5 Å². The Hall–Kier alpha value is -1.85. The molecule has 2 N–H and O–H groups in total. The minimum atomic E-state index is -0.236. The van der Waals surface area contributed by atoms with E-state index in [0.29, 0.717) is 12.1 Å². The van der Waals surface area contributed by atoms with Gasteiger partial charge in [0.05, 0.1) is 5.56 Å². The Morgan fingerprint density at radius 1 is 1.17 bits per heavy atom. The molecule has 1 aliphatic heterocycles. The third-order valence-corrected chi connectivity index (χ3v) is 5.26. The third-order valence-electron chi connectivity index (χ3n) is 5.26. The van der Waals surface area contributed by atoms with E-state index in [9.17, 15) is 9.90 Å². The van der Waals surface area contributed by atoms with Crippen LogP contribution in [0.2, 0.25) is 0 Å². The lowest BCUT2D eigenvalue weighted by molar-refractivity contribution is -0.928. The lowest BCUT2D eigenvalue weighted by Crippen LogP contribution is -3.14. The van der Waals surface area contributed by atoms with E-state index in [1.54, 1.807) is 6.07 Å². The predicted molar refractivity (Wildman–Crippen MR) is 90.6 cm³/mol. The fourth-order valence-corrected chi connectivity index (χ4v) is 4.35. The summed E-state index contributed by atoms with van der Waals surface area (Å²) in [5.41, 5.74) is 3.01. The summed E-state index contributed by atoms with van der Waals surface area (Å²) in [4.78, 5) is 13.6. The molecule has 5 heteroatoms. The third kappa shape index (κ3) is 2.62. The van der Waals surface area contributed by atoms with Gasteiger partial charge < -0.3 is 19.2 Å². The number of hydrogen-bond acceptors (Lipinski definition) is 4. The van der Waals surface area contributed by atoms with E-state index in [4.69, 9.17) is 9.15 Å². The fourth-order valence-electron chi connectivity index (χ4n) is 4.35. The van der Waals surface area contributed by atoms with Crippen molar-refractivity contribution in [3.05, 3.63) is 39.2 Å². The number of aryl methyl sites for hydroxylation is 1. The van der Waals surface area contributed by atoms with Crippen LogP contribution in [0.25, 0.3) is 11.0 Å². The van der Waals surface area contributed by atoms with Gasteiger partial charge in [-0.15, -0.1) is 0 Å². The molecule has 2 aromatic rings. The first-order valence-corrected chi connectivity index (χ1v) is 8.81. The Morgan fingerprint density at radius 3 is 2.62 bits per heavy atom. The Morgan fingerprint density at radius 2 is 1.88 bits per heavy atom. The fraction of sp³-hybridized carbons (Fsp3) is 0.526. The van der Waals surface area contributed by atoms with Crippen LogP contribution >= 0.6 is 0 Å². The number of nitrogens with one attached hydrogen (secondary N) is 1. The molecule has 1 saturated heterocycles. The number of aromatic hydroxyl groups is 1. The highest BCUT2D eigenvalue weighted by molar-refractivity contribution is 5.86. The van der Waals surface area contributed by atoms with Crippen molar-refractivity contribution in [1.82, 2.24) is 0 Å². The minimum absolute atomic E-state index is 0.192. The zero-order valence-electron chi connectivity index (χ0n) is 14.2. The molecule has 0 unspecified atom stereocenters. The molecule has 0 radical (unpaired) electrons. The molecule has 2 atom stereocenters. The van der Waals surface area contributed by atoms with Gasteiger partial charge in [-0.3, -0.25) is 0 Å². The largest absolute Gasteiger partial charge is 0.507 e. The number of morpholine rings is 1. The molecule has 0 amide bonds. The molecule has 2 aliphatic rings. The maximum Gasteiger partial charge on any atom is 0.339 e. The molecule has 0 bridgehead atoms. The van der Waals surface area contributed by atoms with Gasteiger partial charge >= 0.3 is 5.63 Å². The summed E-state index contributed by atoms with van der Waals surface area (Å²) in [7, 11) is 0. The van der Waals surface area contributed by atoms with Gasteiger partial charge in [0, 0.05) is 10.9 Å². The van der Waals surface area contributed by atoms with E-state index in [1.807, 2.05) is 6.07 Å². The zero-order chi connectivity index (χ0) is 16.8. The summed E-state index contributed by atoms with van der Waals surface area (Å²) in [6, 6.07) is 3.63. The number of phenolic OH excluding ortho intramolecular Hbond substituents is 1. The zero-order valence-corrected chi connectivity index (χ0v) is 14.2. The van der Waals surface area contributed by atoms with Gasteiger partial charge in [-0.2, -0.15) is 0 Å². The van der Waals surface area contributed by atoms with Crippen LogP contribution in [0.4, 0.5) is 0 Å². The molecule has 24 heavy (non-hydrogen) atoms. The summed E-state index contributed by atoms with van der Waals surface area (Å²) in [6.45, 7) is 6.56. The van der Waals surface area contributed by atoms with E-state index < -0.39 is 0 Å². The first-order valence-electron chi connectivity index (χ1n) is 8.81. The number of fused-ring (bicyclic) bond motifs is 3. The van der Waals surface area contributed by atoms with E-state index in [1.165, 1.54) is 4.90 Å². The standard InChI is InChI=1S/C19H23NO4/c1-11-8-20(9-12(2)23-11)10-16-17(21)7-6-14-13-4-3-5-15(13)19(22)24-18(14)16/h6-7,11-12,21H,3-5,8-10H2,1-2H3/p+1/t11-,12-/m0/s1. The molecule has 0 saturated carbocycles. The van der Waals surface area contributed by atoms with Crippen LogP contribution in [0.5, 0.6) is 5.75 Å². The summed E-state index contributed by atoms with van der Waals surface area (Å²) >= 11 is 0. The second-order valence-electron chi connectivity index (χ2n) is 7.23. The summed E-state index contributed by atoms with van der Waals surface area (Å²) in [5, 5.41) is 11.4. The molecule has 1 aromatic carbocycles. The molecule has 0 spiro atoms. The quantitative estimate of drug-likeness (QED) is 0.812. The summed E-state index contributed by atoms with van der Waals surface area (Å²) in [6.07, 6.45) is 3.10. The summed E-state index contributed by atoms with van der Waals surface area (Å²) < 4.78 is 11.4. The van der Waals surface area contributed by atoms with Crippen LogP contribution in [-0.4, -0.2) is 30.4 Å². The highest BCUT2D eigenvalue weighted by Gasteiger charge is 2.28. The van der Waals surface area contributed by atoms with Crippen molar-refractivity contribution in [2.24, 2.45) is 0 Å². The van der Waals surface area contributed by atoms with Gasteiger partial charge in [0.2, 0.25) is 0 Å². The first-order chi connectivity index (χ1) is 11.5. The lowest BCUT2D eigenvalue weighted by atomic mass is 10.0. The van der Waals surface area contributed by atoms with Crippen molar-refractivity contribution >= 4 is 11.0 Å². The topological polar surface area (TPSA) is 64.1 Å². The smallest absolute Gasteiger partial charge is 0.339 e. The van der Waals surface area contributed by atoms with Crippen molar-refractivity contribution in [1.29, 1.82) is 0 Å². The van der Waals surface area contributed by atoms with Crippen molar-refractivity contribution in [2.45, 2.75) is 51.9 Å². The second-order valence-corrected chi connectivity index (χ2v) is 7.23. The molecule has 1 fully saturated rings. The Bertz CT molecular complexity index is 831. The van der Waals surface area contributed by atoms with Crippen molar-refractivity contribution < 1.29 is 19.2 Å². The number of benzene rings is 1. The van der Waals surface area contributed by atoms with Crippen molar-refractivity contribution in [3.8, 4) is 5.75 Å². The normalized spacial score (nSPS) is 26.7. The van der Waals surface area contributed by atoms with E-state index in [0.717, 1.165) is 54.4 Å². The molecule has 5 nitrogen and oxygen atoms in total. The van der Waals surface area contributed by atoms with Gasteiger partial charge in [-0.05, 0) is 50.8 Å². The summed E-state index contributed by atoms with van der Waals surface area (Å²) in [5.74, 6) is 0.211. The molecule has 4 rings (SSSR count). The van der Waals surface area contributed by atoms with Crippen LogP contribution in [0, 0.1) is 0 Å². The van der Waals surface area contributed by atoms with Crippen molar-refractivity contribution in [3.63, 3.8) is 0 Å². The minimum Gasteiger partial charge on any atom is -0.507 e. The number of phenols is 1. The van der Waals surface area contributed by atoms with Gasteiger partial charge in [0.1, 0.15) is 37.6 Å². The number of ether oxygens (including phenoxy) is 1. The maximum atomic E-state index is 12.3. The Kier molecular flexibility index (Phi) is 3.85. The van der Waals surface area contributed by atoms with E-state index in [2.05, 4.69) is 13.8 Å². The molecule has 2 heterocycles. The van der Waals surface area contributed by atoms with Crippen LogP contribution in [0.1, 0.15) is 37.0 Å². The maximum absolute atomic E-state index is 12.3. The van der Waals surface area contributed by atoms with E-state index >= 15 is 0 Å². The van der Waals surface area contributed by atoms with Crippen molar-refractivity contribution in [2.75, 3.05) is 13.1 Å². The molecule has 1 aliphatic carbocycles. The van der Waals surface area contributed by atoms with Gasteiger partial charge in [0.15, 0.2) is 5.58 Å². The average molecular weight is 330 g/mol. The second kappa shape index (κ2) is 5.90. The first kappa shape index (κ1) is 15.7. The van der Waals surface area contributed by atoms with E-state index in [-0.39, 0.29) is 23.6 Å².